The number of aromatic nitrogens is 2. The SMILES string of the molecule is CC.CCCc1c2c(nc3ccccc13)-c1c(N)c(C(C)O)c(COC=O)c(=O)n1C2. The first-order chi connectivity index (χ1) is 15.0. The molecule has 7 heteroatoms. The molecule has 3 aromatic rings. The summed E-state index contributed by atoms with van der Waals surface area (Å²) in [5, 5.41) is 11.4. The minimum absolute atomic E-state index is 0.197. The third-order valence-corrected chi connectivity index (χ3v) is 5.51. The Morgan fingerprint density at radius 1 is 1.29 bits per heavy atom. The molecule has 164 valence electrons. The number of hydrogen-bond acceptors (Lipinski definition) is 6. The molecule has 1 atom stereocenters. The maximum Gasteiger partial charge on any atom is 0.293 e. The second-order valence-electron chi connectivity index (χ2n) is 7.31. The number of nitrogen functional groups attached to an aromatic ring is 1. The van der Waals surface area contributed by atoms with Crippen LogP contribution < -0.4 is 11.3 Å². The first-order valence-corrected chi connectivity index (χ1v) is 10.7. The predicted octanol–water partition coefficient (Wildman–Crippen LogP) is 3.71. The fourth-order valence-electron chi connectivity index (χ4n) is 4.34. The quantitative estimate of drug-likeness (QED) is 0.458. The lowest BCUT2D eigenvalue weighted by Crippen LogP contribution is -2.27. The number of aliphatic hydroxyl groups excluding tert-OH is 1. The molecule has 0 saturated carbocycles. The number of para-hydroxylation sites is 1. The molecule has 1 unspecified atom stereocenters. The molecule has 0 aliphatic carbocycles. The van der Waals surface area contributed by atoms with Gasteiger partial charge in [-0.25, -0.2) is 4.98 Å². The monoisotopic (exact) mass is 423 g/mol. The maximum atomic E-state index is 13.2. The van der Waals surface area contributed by atoms with Crippen LogP contribution in [0.4, 0.5) is 5.69 Å². The lowest BCUT2D eigenvalue weighted by molar-refractivity contribution is -0.129. The van der Waals surface area contributed by atoms with E-state index in [1.165, 1.54) is 5.56 Å². The number of carbonyl (C=O) groups is 1. The average molecular weight is 424 g/mol. The summed E-state index contributed by atoms with van der Waals surface area (Å²) in [7, 11) is 0. The van der Waals surface area contributed by atoms with E-state index in [1.54, 1.807) is 11.5 Å². The van der Waals surface area contributed by atoms with Crippen molar-refractivity contribution in [1.29, 1.82) is 0 Å². The third kappa shape index (κ3) is 3.70. The van der Waals surface area contributed by atoms with Gasteiger partial charge < -0.3 is 20.1 Å². The number of anilines is 1. The lowest BCUT2D eigenvalue weighted by Gasteiger charge is -2.18. The number of nitrogens with two attached hydrogens (primary N) is 1. The van der Waals surface area contributed by atoms with E-state index in [2.05, 4.69) is 6.92 Å². The summed E-state index contributed by atoms with van der Waals surface area (Å²) in [5.41, 5.74) is 11.1. The topological polar surface area (TPSA) is 107 Å². The van der Waals surface area contributed by atoms with E-state index < -0.39 is 6.10 Å². The van der Waals surface area contributed by atoms with Crippen LogP contribution in [-0.4, -0.2) is 21.1 Å². The number of aryl methyl sites for hydroxylation is 1. The standard InChI is InChI=1S/C22H23N3O4.C2H6/c1-3-6-13-14-7-4-5-8-17(14)24-20-15(13)9-25-21(20)19(23)18(12(2)27)16(22(25)28)10-29-11-26;1-2/h4-5,7-8,11-12,27H,3,6,9-10,23H2,1-2H3;1-2H3. The van der Waals surface area contributed by atoms with E-state index >= 15 is 0 Å². The number of fused-ring (bicyclic) bond motifs is 4. The highest BCUT2D eigenvalue weighted by molar-refractivity contribution is 5.90. The zero-order chi connectivity index (χ0) is 22.7. The van der Waals surface area contributed by atoms with Gasteiger partial charge in [-0.2, -0.15) is 0 Å². The van der Waals surface area contributed by atoms with E-state index in [0.29, 0.717) is 29.2 Å². The molecule has 1 aromatic carbocycles. The molecule has 0 amide bonds. The summed E-state index contributed by atoms with van der Waals surface area (Å²) in [4.78, 5) is 28.8. The van der Waals surface area contributed by atoms with Crippen molar-refractivity contribution >= 4 is 23.1 Å². The summed E-state index contributed by atoms with van der Waals surface area (Å²) in [6.07, 6.45) is 0.829. The van der Waals surface area contributed by atoms with E-state index in [-0.39, 0.29) is 24.2 Å². The molecule has 31 heavy (non-hydrogen) atoms. The van der Waals surface area contributed by atoms with E-state index in [0.717, 1.165) is 29.3 Å². The number of nitrogens with zero attached hydrogens (tertiary/aromatic N) is 2. The zero-order valence-corrected chi connectivity index (χ0v) is 18.4. The first kappa shape index (κ1) is 22.5. The second-order valence-corrected chi connectivity index (χ2v) is 7.31. The lowest BCUT2D eigenvalue weighted by atomic mass is 9.96. The molecule has 4 rings (SSSR count). The normalized spacial score (nSPS) is 12.5. The fourth-order valence-corrected chi connectivity index (χ4v) is 4.34. The van der Waals surface area contributed by atoms with Crippen molar-refractivity contribution in [2.24, 2.45) is 0 Å². The number of ether oxygens (including phenoxy) is 1. The molecule has 1 aliphatic heterocycles. The Bertz CT molecular complexity index is 1180. The van der Waals surface area contributed by atoms with Crippen LogP contribution in [0.2, 0.25) is 0 Å². The summed E-state index contributed by atoms with van der Waals surface area (Å²) in [6, 6.07) is 7.92. The van der Waals surface area contributed by atoms with Crippen LogP contribution in [0, 0.1) is 0 Å². The highest BCUT2D eigenvalue weighted by atomic mass is 16.5. The van der Waals surface area contributed by atoms with Crippen molar-refractivity contribution in [3.63, 3.8) is 0 Å². The predicted molar refractivity (Wildman–Crippen MR) is 122 cm³/mol. The molecule has 3 heterocycles. The van der Waals surface area contributed by atoms with Gasteiger partial charge >= 0.3 is 0 Å². The number of aliphatic hydroxyl groups is 1. The molecule has 0 bridgehead atoms. The average Bonchev–Trinajstić information content (AvgIpc) is 3.16. The van der Waals surface area contributed by atoms with Gasteiger partial charge in [-0.3, -0.25) is 9.59 Å². The van der Waals surface area contributed by atoms with E-state index in [9.17, 15) is 14.7 Å². The number of hydrogen-bond donors (Lipinski definition) is 2. The van der Waals surface area contributed by atoms with Gasteiger partial charge in [0.05, 0.1) is 40.8 Å². The van der Waals surface area contributed by atoms with Crippen LogP contribution in [0.1, 0.15) is 62.5 Å². The highest BCUT2D eigenvalue weighted by Crippen LogP contribution is 2.41. The molecule has 0 radical (unpaired) electrons. The van der Waals surface area contributed by atoms with Gasteiger partial charge in [0.2, 0.25) is 0 Å². The van der Waals surface area contributed by atoms with Gasteiger partial charge in [-0.05, 0) is 25.0 Å². The molecule has 0 spiro atoms. The molecular formula is C24H29N3O4. The van der Waals surface area contributed by atoms with Crippen molar-refractivity contribution in [3.8, 4) is 11.4 Å². The molecule has 2 aromatic heterocycles. The Kier molecular flexibility index (Phi) is 6.75. The van der Waals surface area contributed by atoms with Gasteiger partial charge in [-0.15, -0.1) is 0 Å². The van der Waals surface area contributed by atoms with Gasteiger partial charge in [0.1, 0.15) is 6.61 Å². The number of pyridine rings is 2. The van der Waals surface area contributed by atoms with E-state index in [4.69, 9.17) is 15.5 Å². The molecule has 7 nitrogen and oxygen atoms in total. The molecule has 0 saturated heterocycles. The Labute approximate surface area is 181 Å². The Morgan fingerprint density at radius 3 is 2.65 bits per heavy atom. The van der Waals surface area contributed by atoms with Crippen LogP contribution in [0.5, 0.6) is 0 Å². The largest absolute Gasteiger partial charge is 0.463 e. The van der Waals surface area contributed by atoms with E-state index in [1.807, 2.05) is 38.1 Å². The van der Waals surface area contributed by atoms with Crippen molar-refractivity contribution in [1.82, 2.24) is 9.55 Å². The number of benzene rings is 1. The molecule has 3 N–H and O–H groups in total. The third-order valence-electron chi connectivity index (χ3n) is 5.51. The minimum atomic E-state index is -0.988. The van der Waals surface area contributed by atoms with Gasteiger partial charge in [-0.1, -0.05) is 45.4 Å². The Hall–Kier alpha value is -3.19. The summed E-state index contributed by atoms with van der Waals surface area (Å²) >= 11 is 0. The van der Waals surface area contributed by atoms with Crippen LogP contribution in [0.3, 0.4) is 0 Å². The van der Waals surface area contributed by atoms with Crippen molar-refractivity contribution in [3.05, 3.63) is 56.9 Å². The summed E-state index contributed by atoms with van der Waals surface area (Å²) < 4.78 is 6.42. The number of rotatable bonds is 6. The zero-order valence-electron chi connectivity index (χ0n) is 18.4. The molecular weight excluding hydrogens is 394 g/mol. The summed E-state index contributed by atoms with van der Waals surface area (Å²) in [6.45, 7) is 8.06. The number of carbonyl (C=O) groups excluding carboxylic acids is 1. The highest BCUT2D eigenvalue weighted by Gasteiger charge is 2.32. The van der Waals surface area contributed by atoms with Gasteiger partial charge in [0.25, 0.3) is 12.0 Å². The van der Waals surface area contributed by atoms with Gasteiger partial charge in [0.15, 0.2) is 0 Å². The smallest absolute Gasteiger partial charge is 0.293 e. The first-order valence-electron chi connectivity index (χ1n) is 10.7. The van der Waals surface area contributed by atoms with Crippen LogP contribution in [0.25, 0.3) is 22.3 Å². The van der Waals surface area contributed by atoms with Crippen molar-refractivity contribution in [2.75, 3.05) is 5.73 Å². The molecule has 0 fully saturated rings. The Balaban J connectivity index is 0.00000132. The van der Waals surface area contributed by atoms with Crippen molar-refractivity contribution in [2.45, 2.75) is 59.8 Å². The van der Waals surface area contributed by atoms with Gasteiger partial charge in [0, 0.05) is 16.5 Å². The summed E-state index contributed by atoms with van der Waals surface area (Å²) in [5.74, 6) is 0. The van der Waals surface area contributed by atoms with Crippen molar-refractivity contribution < 1.29 is 14.6 Å². The second kappa shape index (κ2) is 9.31. The maximum absolute atomic E-state index is 13.2. The van der Waals surface area contributed by atoms with Crippen LogP contribution >= 0.6 is 0 Å². The fraction of sp³-hybridized carbons (Fsp3) is 0.375. The minimum Gasteiger partial charge on any atom is -0.463 e. The molecule has 1 aliphatic rings. The van der Waals surface area contributed by atoms with Crippen LogP contribution in [-0.2, 0) is 29.1 Å². The Morgan fingerprint density at radius 2 is 2.00 bits per heavy atom. The van der Waals surface area contributed by atoms with Crippen LogP contribution in [0.15, 0.2) is 29.1 Å².